The van der Waals surface area contributed by atoms with Crippen LogP contribution in [0.25, 0.3) is 21.7 Å². The van der Waals surface area contributed by atoms with Gasteiger partial charge in [0, 0.05) is 26.3 Å². The summed E-state index contributed by atoms with van der Waals surface area (Å²) >= 11 is 0. The third-order valence-corrected chi connectivity index (χ3v) is 4.93. The summed E-state index contributed by atoms with van der Waals surface area (Å²) in [6.45, 7) is 9.47. The number of fused-ring (bicyclic) bond motifs is 6. The maximum Gasteiger partial charge on any atom is 0.0161 e. The van der Waals surface area contributed by atoms with Crippen LogP contribution < -0.4 is 0 Å². The Bertz CT molecular complexity index is 805. The number of aromatic nitrogens is 1. The average Bonchev–Trinajstić information content (AvgIpc) is 2.64. The van der Waals surface area contributed by atoms with Crippen LogP contribution in [0.15, 0.2) is 36.5 Å². The molecule has 1 nitrogen and oxygen atoms in total. The normalized spacial score (nSPS) is 18.2. The number of hydrogen-bond donors (Lipinski definition) is 0. The summed E-state index contributed by atoms with van der Waals surface area (Å²) in [4.78, 5) is 4.67. The van der Waals surface area contributed by atoms with Gasteiger partial charge in [-0.3, -0.25) is 0 Å². The standard InChI is InChI=1S/C20H20N.Ir/c1-19(2)12-20(3,4)17-15-10-7-11-21-18(15)14-9-6-5-8-13(14)16(17)19;/h5-8,10-11H,12H2,1-4H3;/q-1;. The molecule has 115 valence electrons. The van der Waals surface area contributed by atoms with Crippen molar-refractivity contribution in [1.82, 2.24) is 4.98 Å². The van der Waals surface area contributed by atoms with E-state index in [2.05, 4.69) is 63.0 Å². The maximum absolute atomic E-state index is 4.67. The molecular weight excluding hydrogens is 446 g/mol. The van der Waals surface area contributed by atoms with Crippen LogP contribution in [-0.2, 0) is 30.9 Å². The molecule has 4 rings (SSSR count). The molecule has 2 heteroatoms. The van der Waals surface area contributed by atoms with Gasteiger partial charge in [0.2, 0.25) is 0 Å². The van der Waals surface area contributed by atoms with Crippen molar-refractivity contribution in [2.24, 2.45) is 0 Å². The largest absolute Gasteiger partial charge is 0.304 e. The second kappa shape index (κ2) is 4.88. The molecule has 22 heavy (non-hydrogen) atoms. The van der Waals surface area contributed by atoms with E-state index in [0.29, 0.717) is 0 Å². The Kier molecular flexibility index (Phi) is 3.47. The van der Waals surface area contributed by atoms with Crippen LogP contribution in [0.1, 0.15) is 45.2 Å². The molecule has 1 aliphatic carbocycles. The minimum atomic E-state index is 0. The number of rotatable bonds is 0. The van der Waals surface area contributed by atoms with Crippen molar-refractivity contribution in [2.75, 3.05) is 0 Å². The Hall–Kier alpha value is -1.24. The van der Waals surface area contributed by atoms with E-state index < -0.39 is 0 Å². The van der Waals surface area contributed by atoms with Gasteiger partial charge in [0.05, 0.1) is 0 Å². The van der Waals surface area contributed by atoms with E-state index in [4.69, 9.17) is 0 Å². The third-order valence-electron chi connectivity index (χ3n) is 4.93. The van der Waals surface area contributed by atoms with Gasteiger partial charge in [-0.25, -0.2) is 0 Å². The van der Waals surface area contributed by atoms with Gasteiger partial charge >= 0.3 is 0 Å². The molecule has 0 saturated carbocycles. The molecular formula is C20H20IrN-. The summed E-state index contributed by atoms with van der Waals surface area (Å²) in [7, 11) is 0. The molecule has 0 unspecified atom stereocenters. The van der Waals surface area contributed by atoms with Crippen LogP contribution in [0.4, 0.5) is 0 Å². The fourth-order valence-corrected chi connectivity index (χ4v) is 4.60. The summed E-state index contributed by atoms with van der Waals surface area (Å²) in [5.74, 6) is 0. The third kappa shape index (κ3) is 1.97. The first kappa shape index (κ1) is 15.6. The molecule has 2 aromatic carbocycles. The van der Waals surface area contributed by atoms with Crippen molar-refractivity contribution >= 4 is 21.7 Å². The summed E-state index contributed by atoms with van der Waals surface area (Å²) in [5, 5.41) is 3.80. The molecule has 0 fully saturated rings. The fourth-order valence-electron chi connectivity index (χ4n) is 4.60. The van der Waals surface area contributed by atoms with E-state index in [1.54, 1.807) is 0 Å². The fraction of sp³-hybridized carbons (Fsp3) is 0.350. The topological polar surface area (TPSA) is 12.9 Å². The number of hydrogen-bond acceptors (Lipinski definition) is 1. The molecule has 1 aromatic heterocycles. The molecule has 0 spiro atoms. The van der Waals surface area contributed by atoms with Gasteiger partial charge < -0.3 is 4.98 Å². The molecule has 1 aliphatic rings. The van der Waals surface area contributed by atoms with Crippen LogP contribution in [0.3, 0.4) is 0 Å². The zero-order valence-electron chi connectivity index (χ0n) is 13.5. The molecule has 1 radical (unpaired) electrons. The SMILES string of the molecule is CC1(C)CC(C)(C)c2c1c1ccc[c-]c1c1ncccc21.[Ir]. The molecule has 0 atom stereocenters. The molecule has 0 amide bonds. The van der Waals surface area contributed by atoms with Gasteiger partial charge in [-0.1, -0.05) is 39.3 Å². The van der Waals surface area contributed by atoms with Crippen LogP contribution in [0, 0.1) is 6.07 Å². The van der Waals surface area contributed by atoms with E-state index >= 15 is 0 Å². The minimum absolute atomic E-state index is 0. The van der Waals surface area contributed by atoms with Gasteiger partial charge in [-0.2, -0.15) is 0 Å². The number of pyridine rings is 1. The van der Waals surface area contributed by atoms with Crippen LogP contribution in [0.5, 0.6) is 0 Å². The van der Waals surface area contributed by atoms with Crippen molar-refractivity contribution in [3.63, 3.8) is 0 Å². The predicted octanol–water partition coefficient (Wildman–Crippen LogP) is 5.14. The zero-order chi connectivity index (χ0) is 14.8. The first-order valence-corrected chi connectivity index (χ1v) is 7.64. The quantitative estimate of drug-likeness (QED) is 0.330. The van der Waals surface area contributed by atoms with E-state index in [1.165, 1.54) is 28.3 Å². The van der Waals surface area contributed by atoms with Crippen molar-refractivity contribution in [3.05, 3.63) is 53.7 Å². The Morgan fingerprint density at radius 2 is 1.59 bits per heavy atom. The minimum Gasteiger partial charge on any atom is -0.304 e. The van der Waals surface area contributed by atoms with Crippen LogP contribution >= 0.6 is 0 Å². The van der Waals surface area contributed by atoms with E-state index in [0.717, 1.165) is 10.9 Å². The summed E-state index contributed by atoms with van der Waals surface area (Å²) in [5.41, 5.74) is 4.46. The number of benzene rings is 2. The van der Waals surface area contributed by atoms with Gasteiger partial charge in [-0.15, -0.1) is 35.0 Å². The van der Waals surface area contributed by atoms with Crippen molar-refractivity contribution in [1.29, 1.82) is 0 Å². The smallest absolute Gasteiger partial charge is 0.0161 e. The second-order valence-electron chi connectivity index (χ2n) is 7.55. The summed E-state index contributed by atoms with van der Waals surface area (Å²) in [6, 6.07) is 14.0. The van der Waals surface area contributed by atoms with Gasteiger partial charge in [0.15, 0.2) is 0 Å². The zero-order valence-corrected chi connectivity index (χ0v) is 15.8. The van der Waals surface area contributed by atoms with Crippen LogP contribution in [-0.4, -0.2) is 4.98 Å². The van der Waals surface area contributed by atoms with Gasteiger partial charge in [-0.05, 0) is 39.8 Å². The molecule has 0 aliphatic heterocycles. The average molecular weight is 467 g/mol. The predicted molar refractivity (Wildman–Crippen MR) is 88.8 cm³/mol. The van der Waals surface area contributed by atoms with Crippen molar-refractivity contribution in [2.45, 2.75) is 44.9 Å². The first-order chi connectivity index (χ1) is 9.92. The van der Waals surface area contributed by atoms with E-state index in [9.17, 15) is 0 Å². The van der Waals surface area contributed by atoms with E-state index in [-0.39, 0.29) is 30.9 Å². The Balaban J connectivity index is 0.00000144. The second-order valence-corrected chi connectivity index (χ2v) is 7.55. The molecule has 0 bridgehead atoms. The molecule has 3 aromatic rings. The Labute approximate surface area is 145 Å². The van der Waals surface area contributed by atoms with Crippen LogP contribution in [0.2, 0.25) is 0 Å². The Morgan fingerprint density at radius 3 is 2.32 bits per heavy atom. The number of nitrogens with zero attached hydrogens (tertiary/aromatic N) is 1. The van der Waals surface area contributed by atoms with E-state index in [1.807, 2.05) is 12.3 Å². The summed E-state index contributed by atoms with van der Waals surface area (Å²) in [6.07, 6.45) is 3.06. The monoisotopic (exact) mass is 467 g/mol. The first-order valence-electron chi connectivity index (χ1n) is 7.64. The molecule has 0 N–H and O–H groups in total. The maximum atomic E-state index is 4.67. The molecule has 0 saturated heterocycles. The molecule has 1 heterocycles. The van der Waals surface area contributed by atoms with Crippen molar-refractivity contribution < 1.29 is 20.1 Å². The van der Waals surface area contributed by atoms with Crippen molar-refractivity contribution in [3.8, 4) is 0 Å². The Morgan fingerprint density at radius 1 is 0.955 bits per heavy atom. The van der Waals surface area contributed by atoms with Gasteiger partial charge in [0.1, 0.15) is 0 Å². The summed E-state index contributed by atoms with van der Waals surface area (Å²) < 4.78 is 0. The van der Waals surface area contributed by atoms with Gasteiger partial charge in [0.25, 0.3) is 0 Å².